The van der Waals surface area contributed by atoms with Gasteiger partial charge < -0.3 is 20.1 Å². The van der Waals surface area contributed by atoms with Gasteiger partial charge >= 0.3 is 6.36 Å². The number of benzene rings is 1. The lowest BCUT2D eigenvalue weighted by molar-refractivity contribution is -0.274. The number of thiazole rings is 1. The van der Waals surface area contributed by atoms with Gasteiger partial charge in [-0.05, 0) is 43.0 Å². The summed E-state index contributed by atoms with van der Waals surface area (Å²) in [6.45, 7) is 0.476. The second kappa shape index (κ2) is 9.12. The van der Waals surface area contributed by atoms with Crippen LogP contribution in [0.2, 0.25) is 0 Å². The minimum atomic E-state index is -4.77. The van der Waals surface area contributed by atoms with Crippen LogP contribution in [0.5, 0.6) is 11.5 Å². The van der Waals surface area contributed by atoms with Gasteiger partial charge in [-0.1, -0.05) is 0 Å². The second-order valence-electron chi connectivity index (χ2n) is 6.36. The van der Waals surface area contributed by atoms with E-state index in [4.69, 9.17) is 4.74 Å². The van der Waals surface area contributed by atoms with Crippen LogP contribution < -0.4 is 20.1 Å². The molecule has 1 heterocycles. The fourth-order valence-corrected chi connectivity index (χ4v) is 2.97. The molecule has 2 N–H and O–H groups in total. The first-order valence-electron chi connectivity index (χ1n) is 8.76. The van der Waals surface area contributed by atoms with Gasteiger partial charge in [0.15, 0.2) is 6.61 Å². The van der Waals surface area contributed by atoms with Gasteiger partial charge in [-0.25, -0.2) is 4.98 Å². The Balaban J connectivity index is 1.38. The second-order valence-corrected chi connectivity index (χ2v) is 7.31. The predicted octanol–water partition coefficient (Wildman–Crippen LogP) is 2.88. The summed E-state index contributed by atoms with van der Waals surface area (Å²) >= 11 is 1.26. The highest BCUT2D eigenvalue weighted by Gasteiger charge is 2.31. The molecule has 0 spiro atoms. The van der Waals surface area contributed by atoms with E-state index in [0.29, 0.717) is 23.2 Å². The molecule has 1 saturated carbocycles. The zero-order chi connectivity index (χ0) is 20.9. The molecule has 2 aromatic rings. The quantitative estimate of drug-likeness (QED) is 0.640. The van der Waals surface area contributed by atoms with Crippen molar-refractivity contribution in [3.05, 3.63) is 40.3 Å². The van der Waals surface area contributed by atoms with E-state index in [1.807, 2.05) is 0 Å². The standard InChI is InChI=1S/C18H18F3N3O4S/c19-18(20,21)28-13-5-3-12(4-6-13)27-9-15(25)22-8-16-24-14(10-29-16)17(26)23-7-11-1-2-11/h3-6,10-11H,1-2,7-9H2,(H,22,25)(H,23,26). The van der Waals surface area contributed by atoms with E-state index in [0.717, 1.165) is 25.0 Å². The van der Waals surface area contributed by atoms with Crippen molar-refractivity contribution < 1.29 is 32.2 Å². The van der Waals surface area contributed by atoms with Crippen LogP contribution >= 0.6 is 11.3 Å². The number of hydrogen-bond donors (Lipinski definition) is 2. The Hall–Kier alpha value is -2.82. The lowest BCUT2D eigenvalue weighted by Crippen LogP contribution is -2.28. The molecule has 0 atom stereocenters. The van der Waals surface area contributed by atoms with Crippen molar-refractivity contribution in [1.82, 2.24) is 15.6 Å². The van der Waals surface area contributed by atoms with Gasteiger partial charge in [0.05, 0.1) is 6.54 Å². The van der Waals surface area contributed by atoms with Crippen molar-refractivity contribution in [1.29, 1.82) is 0 Å². The van der Waals surface area contributed by atoms with Crippen LogP contribution in [0.1, 0.15) is 28.3 Å². The van der Waals surface area contributed by atoms with Crippen molar-refractivity contribution >= 4 is 23.2 Å². The average Bonchev–Trinajstić information content (AvgIpc) is 3.38. The summed E-state index contributed by atoms with van der Waals surface area (Å²) in [5, 5.41) is 7.63. The molecule has 1 aliphatic rings. The number of aromatic nitrogens is 1. The van der Waals surface area contributed by atoms with Gasteiger partial charge in [0.25, 0.3) is 11.8 Å². The highest BCUT2D eigenvalue weighted by molar-refractivity contribution is 7.09. The fourth-order valence-electron chi connectivity index (χ4n) is 2.26. The van der Waals surface area contributed by atoms with Crippen LogP contribution in [0.3, 0.4) is 0 Å². The minimum absolute atomic E-state index is 0.140. The third-order valence-electron chi connectivity index (χ3n) is 3.90. The molecule has 0 saturated heterocycles. The molecule has 1 aliphatic carbocycles. The number of nitrogens with one attached hydrogen (secondary N) is 2. The molecular weight excluding hydrogens is 411 g/mol. The maximum Gasteiger partial charge on any atom is 0.573 e. The number of nitrogens with zero attached hydrogens (tertiary/aromatic N) is 1. The summed E-state index contributed by atoms with van der Waals surface area (Å²) in [7, 11) is 0. The van der Waals surface area contributed by atoms with Crippen molar-refractivity contribution in [2.24, 2.45) is 5.92 Å². The molecule has 1 fully saturated rings. The number of amides is 2. The molecule has 7 nitrogen and oxygen atoms in total. The Labute approximate surface area is 168 Å². The molecule has 0 radical (unpaired) electrons. The molecular formula is C18H18F3N3O4S. The normalized spacial score (nSPS) is 13.6. The number of carbonyl (C=O) groups is 2. The average molecular weight is 429 g/mol. The molecule has 156 valence electrons. The van der Waals surface area contributed by atoms with Crippen LogP contribution in [-0.2, 0) is 11.3 Å². The van der Waals surface area contributed by atoms with E-state index in [2.05, 4.69) is 20.4 Å². The van der Waals surface area contributed by atoms with Gasteiger partial charge in [0.1, 0.15) is 22.2 Å². The number of carbonyl (C=O) groups excluding carboxylic acids is 2. The first-order valence-corrected chi connectivity index (χ1v) is 9.64. The monoisotopic (exact) mass is 429 g/mol. The van der Waals surface area contributed by atoms with Crippen LogP contribution in [0.4, 0.5) is 13.2 Å². The highest BCUT2D eigenvalue weighted by atomic mass is 32.1. The maximum atomic E-state index is 12.1. The van der Waals surface area contributed by atoms with E-state index < -0.39 is 12.3 Å². The van der Waals surface area contributed by atoms with Gasteiger partial charge in [0.2, 0.25) is 0 Å². The van der Waals surface area contributed by atoms with Crippen LogP contribution in [0.15, 0.2) is 29.6 Å². The van der Waals surface area contributed by atoms with E-state index in [-0.39, 0.29) is 30.6 Å². The van der Waals surface area contributed by atoms with Gasteiger partial charge in [0, 0.05) is 11.9 Å². The third kappa shape index (κ3) is 7.26. The van der Waals surface area contributed by atoms with E-state index in [1.165, 1.54) is 23.5 Å². The smallest absolute Gasteiger partial charge is 0.484 e. The van der Waals surface area contributed by atoms with Gasteiger partial charge in [-0.2, -0.15) is 0 Å². The first-order chi connectivity index (χ1) is 13.8. The molecule has 1 aromatic heterocycles. The summed E-state index contributed by atoms with van der Waals surface area (Å²) in [5.41, 5.74) is 0.317. The summed E-state index contributed by atoms with van der Waals surface area (Å²) in [4.78, 5) is 28.0. The summed E-state index contributed by atoms with van der Waals surface area (Å²) in [6, 6.07) is 4.71. The molecule has 11 heteroatoms. The number of rotatable bonds is 9. The van der Waals surface area contributed by atoms with Crippen molar-refractivity contribution in [3.63, 3.8) is 0 Å². The third-order valence-corrected chi connectivity index (χ3v) is 4.75. The first kappa shape index (κ1) is 20.9. The SMILES string of the molecule is O=C(COc1ccc(OC(F)(F)F)cc1)NCc1nc(C(=O)NCC2CC2)cs1. The zero-order valence-corrected chi connectivity index (χ0v) is 15.9. The van der Waals surface area contributed by atoms with Crippen molar-refractivity contribution in [3.8, 4) is 11.5 Å². The molecule has 0 unspecified atom stereocenters. The number of alkyl halides is 3. The van der Waals surface area contributed by atoms with Crippen LogP contribution in [0.25, 0.3) is 0 Å². The molecule has 0 bridgehead atoms. The number of ether oxygens (including phenoxy) is 2. The molecule has 2 amide bonds. The van der Waals surface area contributed by atoms with E-state index in [9.17, 15) is 22.8 Å². The van der Waals surface area contributed by atoms with Crippen LogP contribution in [-0.4, -0.2) is 36.3 Å². The summed E-state index contributed by atoms with van der Waals surface area (Å²) in [5.74, 6) is -0.249. The Morgan fingerprint density at radius 3 is 2.48 bits per heavy atom. The van der Waals surface area contributed by atoms with E-state index in [1.54, 1.807) is 5.38 Å². The van der Waals surface area contributed by atoms with Gasteiger partial charge in [-0.3, -0.25) is 9.59 Å². The summed E-state index contributed by atoms with van der Waals surface area (Å²) < 4.78 is 45.3. The predicted molar refractivity (Wildman–Crippen MR) is 97.6 cm³/mol. The Morgan fingerprint density at radius 1 is 1.14 bits per heavy atom. The largest absolute Gasteiger partial charge is 0.573 e. The topological polar surface area (TPSA) is 89.6 Å². The Morgan fingerprint density at radius 2 is 1.83 bits per heavy atom. The minimum Gasteiger partial charge on any atom is -0.484 e. The lowest BCUT2D eigenvalue weighted by Gasteiger charge is -2.10. The Bertz CT molecular complexity index is 851. The number of hydrogen-bond acceptors (Lipinski definition) is 6. The zero-order valence-electron chi connectivity index (χ0n) is 15.1. The highest BCUT2D eigenvalue weighted by Crippen LogP contribution is 2.27. The van der Waals surface area contributed by atoms with Gasteiger partial charge in [-0.15, -0.1) is 24.5 Å². The maximum absolute atomic E-state index is 12.1. The fraction of sp³-hybridized carbons (Fsp3) is 0.389. The van der Waals surface area contributed by atoms with Crippen molar-refractivity contribution in [2.45, 2.75) is 25.7 Å². The lowest BCUT2D eigenvalue weighted by atomic mass is 10.3. The summed E-state index contributed by atoms with van der Waals surface area (Å²) in [6.07, 6.45) is -2.49. The van der Waals surface area contributed by atoms with E-state index >= 15 is 0 Å². The molecule has 3 rings (SSSR count). The molecule has 29 heavy (non-hydrogen) atoms. The van der Waals surface area contributed by atoms with Crippen LogP contribution in [0, 0.1) is 5.92 Å². The molecule has 0 aliphatic heterocycles. The Kier molecular flexibility index (Phi) is 6.57. The number of halogens is 3. The van der Waals surface area contributed by atoms with Crippen molar-refractivity contribution in [2.75, 3.05) is 13.2 Å². The molecule has 1 aromatic carbocycles.